The van der Waals surface area contributed by atoms with Gasteiger partial charge in [0.25, 0.3) is 5.91 Å². The third kappa shape index (κ3) is 2.70. The zero-order valence-corrected chi connectivity index (χ0v) is 15.5. The number of hydrogen-bond acceptors (Lipinski definition) is 4. The number of anilines is 4. The van der Waals surface area contributed by atoms with Gasteiger partial charge in [-0.15, -0.1) is 0 Å². The Bertz CT molecular complexity index is 983. The first-order valence-electron chi connectivity index (χ1n) is 8.33. The summed E-state index contributed by atoms with van der Waals surface area (Å²) in [4.78, 5) is 19.5. The van der Waals surface area contributed by atoms with Crippen LogP contribution in [-0.2, 0) is 0 Å². The quantitative estimate of drug-likeness (QED) is 0.668. The average Bonchev–Trinajstić information content (AvgIpc) is 2.65. The molecule has 0 aromatic heterocycles. The lowest BCUT2D eigenvalue weighted by Gasteiger charge is -2.34. The SMILES string of the molecule is CN(C)c1cccc2c1N(C(=O)c1ccc(N)cc1)c1ccccc1S2. The molecule has 1 aliphatic rings. The zero-order chi connectivity index (χ0) is 18.3. The Morgan fingerprint density at radius 3 is 2.35 bits per heavy atom. The Morgan fingerprint density at radius 2 is 1.62 bits per heavy atom. The molecular weight excluding hydrogens is 342 g/mol. The smallest absolute Gasteiger partial charge is 0.262 e. The molecule has 130 valence electrons. The number of carbonyl (C=O) groups excluding carboxylic acids is 1. The topological polar surface area (TPSA) is 49.6 Å². The van der Waals surface area contributed by atoms with Crippen LogP contribution in [0.3, 0.4) is 0 Å². The highest BCUT2D eigenvalue weighted by molar-refractivity contribution is 7.99. The van der Waals surface area contributed by atoms with Crippen molar-refractivity contribution in [3.05, 3.63) is 72.3 Å². The molecule has 1 amide bonds. The van der Waals surface area contributed by atoms with Gasteiger partial charge in [-0.05, 0) is 48.5 Å². The van der Waals surface area contributed by atoms with Crippen molar-refractivity contribution in [3.8, 4) is 0 Å². The second-order valence-corrected chi connectivity index (χ2v) is 7.43. The molecule has 3 aromatic rings. The van der Waals surface area contributed by atoms with Crippen molar-refractivity contribution in [2.24, 2.45) is 0 Å². The van der Waals surface area contributed by atoms with E-state index in [1.807, 2.05) is 54.2 Å². The number of fused-ring (bicyclic) bond motifs is 2. The number of nitrogens with zero attached hydrogens (tertiary/aromatic N) is 2. The summed E-state index contributed by atoms with van der Waals surface area (Å²) in [5, 5.41) is 0. The molecular formula is C21H19N3OS. The second kappa shape index (κ2) is 6.42. The minimum absolute atomic E-state index is 0.0618. The van der Waals surface area contributed by atoms with E-state index in [2.05, 4.69) is 12.1 Å². The Labute approximate surface area is 157 Å². The molecule has 5 heteroatoms. The standard InChI is InChI=1S/C21H19N3OS/c1-23(2)17-7-5-9-19-20(17)24(16-6-3-4-8-18(16)26-19)21(25)14-10-12-15(22)13-11-14/h3-13H,22H2,1-2H3. The van der Waals surface area contributed by atoms with Crippen LogP contribution in [0, 0.1) is 0 Å². The summed E-state index contributed by atoms with van der Waals surface area (Å²) >= 11 is 1.69. The van der Waals surface area contributed by atoms with Gasteiger partial charge in [0, 0.05) is 35.1 Å². The van der Waals surface area contributed by atoms with Gasteiger partial charge in [0.15, 0.2) is 0 Å². The van der Waals surface area contributed by atoms with Crippen molar-refractivity contribution < 1.29 is 4.79 Å². The molecule has 0 unspecified atom stereocenters. The lowest BCUT2D eigenvalue weighted by Crippen LogP contribution is -2.30. The molecule has 4 rings (SSSR count). The lowest BCUT2D eigenvalue weighted by molar-refractivity contribution is 0.0998. The molecule has 0 bridgehead atoms. The summed E-state index contributed by atoms with van der Waals surface area (Å²) in [5.41, 5.74) is 9.87. The van der Waals surface area contributed by atoms with E-state index in [0.29, 0.717) is 11.3 Å². The van der Waals surface area contributed by atoms with Crippen LogP contribution in [-0.4, -0.2) is 20.0 Å². The van der Waals surface area contributed by atoms with Crippen molar-refractivity contribution in [1.29, 1.82) is 0 Å². The van der Waals surface area contributed by atoms with E-state index in [4.69, 9.17) is 5.73 Å². The first-order chi connectivity index (χ1) is 12.6. The summed E-state index contributed by atoms with van der Waals surface area (Å²) in [7, 11) is 3.99. The number of carbonyl (C=O) groups is 1. The van der Waals surface area contributed by atoms with E-state index in [-0.39, 0.29) is 5.91 Å². The Kier molecular flexibility index (Phi) is 4.09. The van der Waals surface area contributed by atoms with Crippen LogP contribution < -0.4 is 15.5 Å². The normalized spacial score (nSPS) is 12.3. The number of nitrogen functional groups attached to an aromatic ring is 1. The van der Waals surface area contributed by atoms with E-state index in [0.717, 1.165) is 26.9 Å². The number of benzene rings is 3. The van der Waals surface area contributed by atoms with Gasteiger partial charge in [-0.25, -0.2) is 0 Å². The molecule has 0 fully saturated rings. The summed E-state index contributed by atoms with van der Waals surface area (Å²) in [5.74, 6) is -0.0618. The highest BCUT2D eigenvalue weighted by Gasteiger charge is 2.31. The number of para-hydroxylation sites is 2. The summed E-state index contributed by atoms with van der Waals surface area (Å²) < 4.78 is 0. The van der Waals surface area contributed by atoms with Gasteiger partial charge in [-0.1, -0.05) is 30.0 Å². The van der Waals surface area contributed by atoms with Crippen LogP contribution in [0.4, 0.5) is 22.7 Å². The Morgan fingerprint density at radius 1 is 0.923 bits per heavy atom. The second-order valence-electron chi connectivity index (χ2n) is 6.35. The minimum atomic E-state index is -0.0618. The largest absolute Gasteiger partial charge is 0.399 e. The molecule has 3 aromatic carbocycles. The maximum Gasteiger partial charge on any atom is 0.262 e. The fourth-order valence-electron chi connectivity index (χ4n) is 3.11. The van der Waals surface area contributed by atoms with Crippen LogP contribution >= 0.6 is 11.8 Å². The minimum Gasteiger partial charge on any atom is -0.399 e. The van der Waals surface area contributed by atoms with Crippen LogP contribution in [0.5, 0.6) is 0 Å². The fourth-order valence-corrected chi connectivity index (χ4v) is 4.20. The van der Waals surface area contributed by atoms with Crippen molar-refractivity contribution in [2.45, 2.75) is 9.79 Å². The maximum atomic E-state index is 13.5. The number of hydrogen-bond donors (Lipinski definition) is 1. The monoisotopic (exact) mass is 361 g/mol. The zero-order valence-electron chi connectivity index (χ0n) is 14.6. The number of amides is 1. The maximum absolute atomic E-state index is 13.5. The van der Waals surface area contributed by atoms with Gasteiger partial charge >= 0.3 is 0 Å². The first kappa shape index (κ1) is 16.5. The number of nitrogens with two attached hydrogens (primary N) is 1. The molecule has 0 radical (unpaired) electrons. The van der Waals surface area contributed by atoms with Gasteiger partial charge in [-0.2, -0.15) is 0 Å². The summed E-state index contributed by atoms with van der Waals surface area (Å²) in [6.07, 6.45) is 0. The summed E-state index contributed by atoms with van der Waals surface area (Å²) in [6, 6.07) is 21.2. The molecule has 0 saturated heterocycles. The van der Waals surface area contributed by atoms with Crippen molar-refractivity contribution >= 4 is 40.4 Å². The van der Waals surface area contributed by atoms with E-state index in [1.165, 1.54) is 0 Å². The molecule has 1 heterocycles. The highest BCUT2D eigenvalue weighted by Crippen LogP contribution is 2.51. The van der Waals surface area contributed by atoms with Crippen molar-refractivity contribution in [3.63, 3.8) is 0 Å². The molecule has 0 saturated carbocycles. The lowest BCUT2D eigenvalue weighted by atomic mass is 10.1. The van der Waals surface area contributed by atoms with Crippen molar-refractivity contribution in [1.82, 2.24) is 0 Å². The third-order valence-corrected chi connectivity index (χ3v) is 5.48. The van der Waals surface area contributed by atoms with Crippen LogP contribution in [0.1, 0.15) is 10.4 Å². The highest BCUT2D eigenvalue weighted by atomic mass is 32.2. The van der Waals surface area contributed by atoms with Gasteiger partial charge in [0.1, 0.15) is 0 Å². The third-order valence-electron chi connectivity index (χ3n) is 4.37. The number of rotatable bonds is 2. The molecule has 2 N–H and O–H groups in total. The molecule has 1 aliphatic heterocycles. The molecule has 0 atom stereocenters. The predicted molar refractivity (Wildman–Crippen MR) is 109 cm³/mol. The van der Waals surface area contributed by atoms with E-state index in [1.54, 1.807) is 36.0 Å². The Balaban J connectivity index is 1.93. The van der Waals surface area contributed by atoms with Gasteiger partial charge in [0.2, 0.25) is 0 Å². The molecule has 0 aliphatic carbocycles. The fraction of sp³-hybridized carbons (Fsp3) is 0.0952. The van der Waals surface area contributed by atoms with Crippen LogP contribution in [0.25, 0.3) is 0 Å². The van der Waals surface area contributed by atoms with Gasteiger partial charge < -0.3 is 10.6 Å². The van der Waals surface area contributed by atoms with Gasteiger partial charge in [-0.3, -0.25) is 9.69 Å². The van der Waals surface area contributed by atoms with Crippen molar-refractivity contribution in [2.75, 3.05) is 29.6 Å². The van der Waals surface area contributed by atoms with E-state index >= 15 is 0 Å². The molecule has 26 heavy (non-hydrogen) atoms. The van der Waals surface area contributed by atoms with Crippen LogP contribution in [0.15, 0.2) is 76.5 Å². The molecule has 4 nitrogen and oxygen atoms in total. The predicted octanol–water partition coefficient (Wildman–Crippen LogP) is 4.78. The van der Waals surface area contributed by atoms with E-state index in [9.17, 15) is 4.79 Å². The average molecular weight is 361 g/mol. The van der Waals surface area contributed by atoms with Crippen LogP contribution in [0.2, 0.25) is 0 Å². The summed E-state index contributed by atoms with van der Waals surface area (Å²) in [6.45, 7) is 0. The first-order valence-corrected chi connectivity index (χ1v) is 9.15. The Hall–Kier alpha value is -2.92. The molecule has 0 spiro atoms. The van der Waals surface area contributed by atoms with E-state index < -0.39 is 0 Å². The van der Waals surface area contributed by atoms with Gasteiger partial charge in [0.05, 0.1) is 17.1 Å².